The SMILES string of the molecule is O=C(CN1CCN(C(=O)c2cc([N+](=O)[O-])ccc2N2CCOCC2)CC1)Nc1ccc(F)cc1. The Labute approximate surface area is 196 Å². The van der Waals surface area contributed by atoms with Crippen molar-refractivity contribution in [2.24, 2.45) is 0 Å². The van der Waals surface area contributed by atoms with Crippen LogP contribution in [0.25, 0.3) is 0 Å². The van der Waals surface area contributed by atoms with Gasteiger partial charge in [-0.1, -0.05) is 0 Å². The van der Waals surface area contributed by atoms with Gasteiger partial charge in [-0.05, 0) is 30.3 Å². The molecule has 2 saturated heterocycles. The molecule has 2 heterocycles. The van der Waals surface area contributed by atoms with Crippen molar-refractivity contribution < 1.29 is 23.6 Å². The van der Waals surface area contributed by atoms with Crippen molar-refractivity contribution in [1.29, 1.82) is 0 Å². The Morgan fingerprint density at radius 1 is 1.00 bits per heavy atom. The van der Waals surface area contributed by atoms with Crippen LogP contribution in [0.1, 0.15) is 10.4 Å². The van der Waals surface area contributed by atoms with Crippen LogP contribution in [0.2, 0.25) is 0 Å². The van der Waals surface area contributed by atoms with Crippen LogP contribution in [-0.2, 0) is 9.53 Å². The maximum absolute atomic E-state index is 13.4. The number of hydrogen-bond acceptors (Lipinski definition) is 7. The monoisotopic (exact) mass is 471 g/mol. The molecule has 0 saturated carbocycles. The number of benzene rings is 2. The third-order valence-corrected chi connectivity index (χ3v) is 5.93. The fraction of sp³-hybridized carbons (Fsp3) is 0.391. The number of hydrogen-bond donors (Lipinski definition) is 1. The van der Waals surface area contributed by atoms with Crippen molar-refractivity contribution >= 4 is 28.9 Å². The Hall–Kier alpha value is -3.57. The number of rotatable bonds is 6. The van der Waals surface area contributed by atoms with Gasteiger partial charge in [0.1, 0.15) is 5.82 Å². The molecule has 0 radical (unpaired) electrons. The second-order valence-electron chi connectivity index (χ2n) is 8.18. The van der Waals surface area contributed by atoms with Crippen LogP contribution in [0.15, 0.2) is 42.5 Å². The molecular formula is C23H26FN5O5. The molecule has 2 aromatic carbocycles. The Morgan fingerprint density at radius 2 is 1.68 bits per heavy atom. The van der Waals surface area contributed by atoms with Crippen LogP contribution in [-0.4, -0.2) is 85.6 Å². The predicted molar refractivity (Wildman–Crippen MR) is 124 cm³/mol. The van der Waals surface area contributed by atoms with E-state index in [1.807, 2.05) is 9.80 Å². The van der Waals surface area contributed by atoms with Gasteiger partial charge in [0, 0.05) is 57.1 Å². The summed E-state index contributed by atoms with van der Waals surface area (Å²) in [5.41, 5.74) is 1.36. The third kappa shape index (κ3) is 5.67. The summed E-state index contributed by atoms with van der Waals surface area (Å²) in [6.07, 6.45) is 0. The highest BCUT2D eigenvalue weighted by Gasteiger charge is 2.28. The van der Waals surface area contributed by atoms with Gasteiger partial charge >= 0.3 is 0 Å². The van der Waals surface area contributed by atoms with Gasteiger partial charge in [-0.15, -0.1) is 0 Å². The number of piperazine rings is 1. The van der Waals surface area contributed by atoms with Crippen molar-refractivity contribution in [3.8, 4) is 0 Å². The molecule has 2 fully saturated rings. The highest BCUT2D eigenvalue weighted by molar-refractivity contribution is 6.00. The van der Waals surface area contributed by atoms with Gasteiger partial charge < -0.3 is 19.9 Å². The van der Waals surface area contributed by atoms with Crippen molar-refractivity contribution in [2.45, 2.75) is 0 Å². The van der Waals surface area contributed by atoms with E-state index in [1.54, 1.807) is 11.0 Å². The average molecular weight is 471 g/mol. The standard InChI is InChI=1S/C23H26FN5O5/c24-17-1-3-18(4-2-17)25-22(30)16-26-7-9-28(10-8-26)23(31)20-15-19(29(32)33)5-6-21(20)27-11-13-34-14-12-27/h1-6,15H,7-14,16H2,(H,25,30). The Morgan fingerprint density at radius 3 is 2.32 bits per heavy atom. The van der Waals surface area contributed by atoms with Gasteiger partial charge in [0.05, 0.1) is 35.9 Å². The van der Waals surface area contributed by atoms with E-state index in [9.17, 15) is 24.1 Å². The number of non-ortho nitro benzene ring substituents is 1. The number of anilines is 2. The number of amides is 2. The molecule has 11 heteroatoms. The summed E-state index contributed by atoms with van der Waals surface area (Å²) >= 11 is 0. The van der Waals surface area contributed by atoms with E-state index in [4.69, 9.17) is 4.74 Å². The molecule has 2 aliphatic heterocycles. The van der Waals surface area contributed by atoms with Crippen molar-refractivity contribution in [3.63, 3.8) is 0 Å². The van der Waals surface area contributed by atoms with Gasteiger partial charge in [0.2, 0.25) is 5.91 Å². The zero-order valence-corrected chi connectivity index (χ0v) is 18.6. The Bertz CT molecular complexity index is 1050. The van der Waals surface area contributed by atoms with Crippen LogP contribution in [0.3, 0.4) is 0 Å². The van der Waals surface area contributed by atoms with Crippen molar-refractivity contribution in [2.75, 3.05) is 69.2 Å². The molecule has 0 atom stereocenters. The van der Waals surface area contributed by atoms with E-state index in [-0.39, 0.29) is 29.9 Å². The number of nitrogens with one attached hydrogen (secondary N) is 1. The first-order valence-corrected chi connectivity index (χ1v) is 11.1. The van der Waals surface area contributed by atoms with Gasteiger partial charge in [0.25, 0.3) is 11.6 Å². The summed E-state index contributed by atoms with van der Waals surface area (Å²) in [7, 11) is 0. The summed E-state index contributed by atoms with van der Waals surface area (Å²) in [6, 6.07) is 9.93. The Balaban J connectivity index is 1.38. The molecule has 0 aromatic heterocycles. The van der Waals surface area contributed by atoms with Crippen LogP contribution in [0, 0.1) is 15.9 Å². The number of morpholine rings is 1. The normalized spacial score (nSPS) is 16.9. The number of nitrogens with zero attached hydrogens (tertiary/aromatic N) is 4. The third-order valence-electron chi connectivity index (χ3n) is 5.93. The van der Waals surface area contributed by atoms with Gasteiger partial charge in [-0.2, -0.15) is 0 Å². The lowest BCUT2D eigenvalue weighted by Gasteiger charge is -2.36. The second-order valence-corrected chi connectivity index (χ2v) is 8.18. The number of halogens is 1. The number of carbonyl (C=O) groups is 2. The maximum atomic E-state index is 13.4. The highest BCUT2D eigenvalue weighted by atomic mass is 19.1. The molecule has 10 nitrogen and oxygen atoms in total. The van der Waals surface area contributed by atoms with E-state index >= 15 is 0 Å². The van der Waals surface area contributed by atoms with E-state index in [0.29, 0.717) is 69.4 Å². The number of carbonyl (C=O) groups excluding carboxylic acids is 2. The molecule has 2 aromatic rings. The van der Waals surface area contributed by atoms with Crippen molar-refractivity contribution in [3.05, 3.63) is 64.0 Å². The summed E-state index contributed by atoms with van der Waals surface area (Å²) in [5, 5.41) is 14.0. The Kier molecular flexibility index (Phi) is 7.33. The number of nitro groups is 1. The fourth-order valence-corrected chi connectivity index (χ4v) is 4.11. The number of ether oxygens (including phenoxy) is 1. The van der Waals surface area contributed by atoms with Gasteiger partial charge in [-0.3, -0.25) is 24.6 Å². The largest absolute Gasteiger partial charge is 0.378 e. The molecule has 0 aliphatic carbocycles. The number of nitro benzene ring substituents is 1. The van der Waals surface area contributed by atoms with E-state index < -0.39 is 4.92 Å². The lowest BCUT2D eigenvalue weighted by molar-refractivity contribution is -0.384. The zero-order valence-electron chi connectivity index (χ0n) is 18.6. The molecule has 2 amide bonds. The quantitative estimate of drug-likeness (QED) is 0.507. The average Bonchev–Trinajstić information content (AvgIpc) is 2.85. The maximum Gasteiger partial charge on any atom is 0.270 e. The van der Waals surface area contributed by atoms with Crippen LogP contribution in [0.5, 0.6) is 0 Å². The first-order chi connectivity index (χ1) is 16.4. The molecule has 34 heavy (non-hydrogen) atoms. The molecule has 0 unspecified atom stereocenters. The topological polar surface area (TPSA) is 108 Å². The van der Waals surface area contributed by atoms with Crippen LogP contribution in [0.4, 0.5) is 21.5 Å². The predicted octanol–water partition coefficient (Wildman–Crippen LogP) is 1.97. The van der Waals surface area contributed by atoms with Gasteiger partial charge in [-0.25, -0.2) is 4.39 Å². The molecular weight excluding hydrogens is 445 g/mol. The molecule has 0 bridgehead atoms. The van der Waals surface area contributed by atoms with E-state index in [0.717, 1.165) is 0 Å². The van der Waals surface area contributed by atoms with E-state index in [2.05, 4.69) is 5.32 Å². The molecule has 0 spiro atoms. The summed E-state index contributed by atoms with van der Waals surface area (Å²) in [4.78, 5) is 42.1. The second kappa shape index (κ2) is 10.6. The van der Waals surface area contributed by atoms with Gasteiger partial charge in [0.15, 0.2) is 0 Å². The molecule has 1 N–H and O–H groups in total. The summed E-state index contributed by atoms with van der Waals surface area (Å²) < 4.78 is 18.4. The van der Waals surface area contributed by atoms with Crippen LogP contribution < -0.4 is 10.2 Å². The molecule has 180 valence electrons. The van der Waals surface area contributed by atoms with Crippen molar-refractivity contribution in [1.82, 2.24) is 9.80 Å². The highest BCUT2D eigenvalue weighted by Crippen LogP contribution is 2.28. The smallest absolute Gasteiger partial charge is 0.270 e. The van der Waals surface area contributed by atoms with E-state index in [1.165, 1.54) is 36.4 Å². The summed E-state index contributed by atoms with van der Waals surface area (Å²) in [5.74, 6) is -0.861. The lowest BCUT2D eigenvalue weighted by Crippen LogP contribution is -2.50. The van der Waals surface area contributed by atoms with Crippen LogP contribution >= 0.6 is 0 Å². The first kappa shape index (κ1) is 23.6. The fourth-order valence-electron chi connectivity index (χ4n) is 4.11. The minimum absolute atomic E-state index is 0.128. The minimum atomic E-state index is -0.502. The minimum Gasteiger partial charge on any atom is -0.378 e. The summed E-state index contributed by atoms with van der Waals surface area (Å²) in [6.45, 7) is 4.20. The first-order valence-electron chi connectivity index (χ1n) is 11.1. The molecule has 2 aliphatic rings. The lowest BCUT2D eigenvalue weighted by atomic mass is 10.1. The zero-order chi connectivity index (χ0) is 24.1. The molecule has 4 rings (SSSR count).